The van der Waals surface area contributed by atoms with Crippen LogP contribution >= 0.6 is 0 Å². The van der Waals surface area contributed by atoms with E-state index in [-0.39, 0.29) is 11.8 Å². The van der Waals surface area contributed by atoms with E-state index in [9.17, 15) is 9.59 Å². The number of benzene rings is 2. The standard InChI is InChI=1S/C23H23N3O2/c1-25(2)23(28)21-13-8-14-26(21)22(27)18-15-20(16-9-4-3-5-10-16)24-19-12-7-6-11-17(18)19/h3-7,9-12,15,21H,8,13-14H2,1-2H3. The average Bonchev–Trinajstić information content (AvgIpc) is 3.22. The zero-order chi connectivity index (χ0) is 19.7. The molecule has 1 unspecified atom stereocenters. The van der Waals surface area contributed by atoms with Gasteiger partial charge in [-0.15, -0.1) is 0 Å². The summed E-state index contributed by atoms with van der Waals surface area (Å²) in [5, 5.41) is 0.815. The zero-order valence-corrected chi connectivity index (χ0v) is 16.1. The Morgan fingerprint density at radius 3 is 2.50 bits per heavy atom. The molecule has 0 N–H and O–H groups in total. The molecule has 1 aromatic heterocycles. The third kappa shape index (κ3) is 3.24. The molecule has 3 aromatic rings. The first-order valence-electron chi connectivity index (χ1n) is 9.53. The molecule has 1 saturated heterocycles. The first-order chi connectivity index (χ1) is 13.6. The first-order valence-corrected chi connectivity index (χ1v) is 9.53. The van der Waals surface area contributed by atoms with Crippen LogP contribution in [0.25, 0.3) is 22.2 Å². The molecular weight excluding hydrogens is 350 g/mol. The van der Waals surface area contributed by atoms with Crippen LogP contribution in [-0.4, -0.2) is 53.3 Å². The highest BCUT2D eigenvalue weighted by atomic mass is 16.2. The molecule has 1 fully saturated rings. The summed E-state index contributed by atoms with van der Waals surface area (Å²) < 4.78 is 0. The molecule has 0 spiro atoms. The third-order valence-corrected chi connectivity index (χ3v) is 5.26. The number of carbonyl (C=O) groups excluding carboxylic acids is 2. The number of hydrogen-bond donors (Lipinski definition) is 0. The van der Waals surface area contributed by atoms with E-state index in [4.69, 9.17) is 4.98 Å². The number of nitrogens with zero attached hydrogens (tertiary/aromatic N) is 3. The molecule has 1 aliphatic heterocycles. The van der Waals surface area contributed by atoms with E-state index >= 15 is 0 Å². The van der Waals surface area contributed by atoms with Crippen LogP contribution in [0.2, 0.25) is 0 Å². The Morgan fingerprint density at radius 2 is 1.75 bits per heavy atom. The van der Waals surface area contributed by atoms with Crippen LogP contribution in [0.5, 0.6) is 0 Å². The van der Waals surface area contributed by atoms with Gasteiger partial charge < -0.3 is 9.80 Å². The van der Waals surface area contributed by atoms with Crippen LogP contribution < -0.4 is 0 Å². The summed E-state index contributed by atoms with van der Waals surface area (Å²) >= 11 is 0. The van der Waals surface area contributed by atoms with Crippen molar-refractivity contribution >= 4 is 22.7 Å². The van der Waals surface area contributed by atoms with E-state index in [2.05, 4.69) is 0 Å². The van der Waals surface area contributed by atoms with Gasteiger partial charge in [0.2, 0.25) is 5.91 Å². The monoisotopic (exact) mass is 373 g/mol. The lowest BCUT2D eigenvalue weighted by Gasteiger charge is -2.26. The molecule has 28 heavy (non-hydrogen) atoms. The van der Waals surface area contributed by atoms with Gasteiger partial charge in [-0.2, -0.15) is 0 Å². The zero-order valence-electron chi connectivity index (χ0n) is 16.1. The van der Waals surface area contributed by atoms with Crippen molar-refractivity contribution < 1.29 is 9.59 Å². The van der Waals surface area contributed by atoms with Crippen molar-refractivity contribution in [2.75, 3.05) is 20.6 Å². The number of amides is 2. The number of likely N-dealkylation sites (N-methyl/N-ethyl adjacent to an activating group) is 1. The molecule has 1 atom stereocenters. The summed E-state index contributed by atoms with van der Waals surface area (Å²) in [7, 11) is 3.47. The molecule has 142 valence electrons. The number of pyridine rings is 1. The topological polar surface area (TPSA) is 53.5 Å². The fraction of sp³-hybridized carbons (Fsp3) is 0.261. The van der Waals surface area contributed by atoms with Crippen molar-refractivity contribution in [1.82, 2.24) is 14.8 Å². The normalized spacial score (nSPS) is 16.4. The highest BCUT2D eigenvalue weighted by molar-refractivity contribution is 6.08. The molecule has 5 nitrogen and oxygen atoms in total. The maximum absolute atomic E-state index is 13.5. The number of carbonyl (C=O) groups is 2. The van der Waals surface area contributed by atoms with E-state index in [1.807, 2.05) is 60.7 Å². The third-order valence-electron chi connectivity index (χ3n) is 5.26. The summed E-state index contributed by atoms with van der Waals surface area (Å²) in [5.74, 6) is -0.124. The number of para-hydroxylation sites is 1. The van der Waals surface area contributed by atoms with Crippen molar-refractivity contribution in [2.45, 2.75) is 18.9 Å². The van der Waals surface area contributed by atoms with E-state index < -0.39 is 6.04 Å². The predicted molar refractivity (Wildman–Crippen MR) is 110 cm³/mol. The molecule has 1 aliphatic rings. The van der Waals surface area contributed by atoms with Crippen molar-refractivity contribution in [3.05, 3.63) is 66.2 Å². The van der Waals surface area contributed by atoms with Crippen LogP contribution in [0.15, 0.2) is 60.7 Å². The second-order valence-corrected chi connectivity index (χ2v) is 7.33. The van der Waals surface area contributed by atoms with Crippen molar-refractivity contribution in [3.63, 3.8) is 0 Å². The molecule has 2 amide bonds. The Kier molecular flexibility index (Phi) is 4.82. The summed E-state index contributed by atoms with van der Waals surface area (Å²) in [5.41, 5.74) is 3.10. The highest BCUT2D eigenvalue weighted by Gasteiger charge is 2.36. The Bertz CT molecular complexity index is 1030. The molecule has 4 rings (SSSR count). The van der Waals surface area contributed by atoms with Crippen LogP contribution in [-0.2, 0) is 4.79 Å². The van der Waals surface area contributed by atoms with Crippen LogP contribution in [0.4, 0.5) is 0 Å². The minimum Gasteiger partial charge on any atom is -0.347 e. The van der Waals surface area contributed by atoms with Crippen molar-refractivity contribution in [1.29, 1.82) is 0 Å². The fourth-order valence-electron chi connectivity index (χ4n) is 3.83. The quantitative estimate of drug-likeness (QED) is 0.705. The van der Waals surface area contributed by atoms with Gasteiger partial charge in [-0.05, 0) is 25.0 Å². The Labute approximate surface area is 164 Å². The lowest BCUT2D eigenvalue weighted by molar-refractivity contribution is -0.132. The summed E-state index contributed by atoms with van der Waals surface area (Å²) in [6, 6.07) is 19.0. The van der Waals surface area contributed by atoms with Crippen molar-refractivity contribution in [3.8, 4) is 11.3 Å². The average molecular weight is 373 g/mol. The second-order valence-electron chi connectivity index (χ2n) is 7.33. The molecule has 0 aliphatic carbocycles. The molecule has 0 radical (unpaired) electrons. The summed E-state index contributed by atoms with van der Waals surface area (Å²) in [4.78, 5) is 34.1. The van der Waals surface area contributed by atoms with Gasteiger partial charge in [0.1, 0.15) is 6.04 Å². The molecular formula is C23H23N3O2. The van der Waals surface area contributed by atoms with E-state index in [1.165, 1.54) is 0 Å². The molecule has 5 heteroatoms. The highest BCUT2D eigenvalue weighted by Crippen LogP contribution is 2.28. The fourth-order valence-corrected chi connectivity index (χ4v) is 3.83. The van der Waals surface area contributed by atoms with Gasteiger partial charge in [-0.25, -0.2) is 4.98 Å². The number of likely N-dealkylation sites (tertiary alicyclic amines) is 1. The van der Waals surface area contributed by atoms with E-state index in [0.29, 0.717) is 18.5 Å². The Balaban J connectivity index is 1.81. The van der Waals surface area contributed by atoms with Gasteiger partial charge in [-0.3, -0.25) is 9.59 Å². The molecule has 2 aromatic carbocycles. The maximum Gasteiger partial charge on any atom is 0.255 e. The maximum atomic E-state index is 13.5. The lowest BCUT2D eigenvalue weighted by Crippen LogP contribution is -2.45. The van der Waals surface area contributed by atoms with Crippen molar-refractivity contribution in [2.24, 2.45) is 0 Å². The number of fused-ring (bicyclic) bond motifs is 1. The molecule has 0 saturated carbocycles. The minimum atomic E-state index is -0.394. The lowest BCUT2D eigenvalue weighted by atomic mass is 10.0. The van der Waals surface area contributed by atoms with Gasteiger partial charge >= 0.3 is 0 Å². The van der Waals surface area contributed by atoms with Gasteiger partial charge in [0.05, 0.1) is 16.8 Å². The number of hydrogen-bond acceptors (Lipinski definition) is 3. The molecule has 0 bridgehead atoms. The second kappa shape index (κ2) is 7.43. The smallest absolute Gasteiger partial charge is 0.255 e. The minimum absolute atomic E-state index is 0.0208. The summed E-state index contributed by atoms with van der Waals surface area (Å²) in [6.07, 6.45) is 1.54. The Morgan fingerprint density at radius 1 is 1.04 bits per heavy atom. The van der Waals surface area contributed by atoms with Crippen LogP contribution in [0.3, 0.4) is 0 Å². The van der Waals surface area contributed by atoms with Crippen LogP contribution in [0.1, 0.15) is 23.2 Å². The Hall–Kier alpha value is -3.21. The number of aromatic nitrogens is 1. The predicted octanol–water partition coefficient (Wildman–Crippen LogP) is 3.59. The first kappa shape index (κ1) is 18.2. The molecule has 2 heterocycles. The van der Waals surface area contributed by atoms with E-state index in [1.54, 1.807) is 23.9 Å². The van der Waals surface area contributed by atoms with Crippen LogP contribution in [0, 0.1) is 0 Å². The number of rotatable bonds is 3. The van der Waals surface area contributed by atoms with Gasteiger partial charge in [0, 0.05) is 31.6 Å². The van der Waals surface area contributed by atoms with Gasteiger partial charge in [0.15, 0.2) is 0 Å². The largest absolute Gasteiger partial charge is 0.347 e. The van der Waals surface area contributed by atoms with Gasteiger partial charge in [-0.1, -0.05) is 48.5 Å². The van der Waals surface area contributed by atoms with Gasteiger partial charge in [0.25, 0.3) is 5.91 Å². The van der Waals surface area contributed by atoms with E-state index in [0.717, 1.165) is 28.6 Å². The summed E-state index contributed by atoms with van der Waals surface area (Å²) in [6.45, 7) is 0.598. The SMILES string of the molecule is CN(C)C(=O)C1CCCN1C(=O)c1cc(-c2ccccc2)nc2ccccc12.